The molecule has 0 aliphatic carbocycles. The van der Waals surface area contributed by atoms with Crippen molar-refractivity contribution in [1.82, 2.24) is 0 Å². The van der Waals surface area contributed by atoms with Gasteiger partial charge in [-0.3, -0.25) is 11.3 Å². The van der Waals surface area contributed by atoms with Crippen molar-refractivity contribution in [3.63, 3.8) is 0 Å². The molecule has 0 N–H and O–H groups in total. The van der Waals surface area contributed by atoms with Gasteiger partial charge in [-0.2, -0.15) is 12.1 Å². The van der Waals surface area contributed by atoms with Gasteiger partial charge in [0.2, 0.25) is 0 Å². The van der Waals surface area contributed by atoms with Crippen LogP contribution >= 0.6 is 23.1 Å². The van der Waals surface area contributed by atoms with E-state index in [1.807, 2.05) is 6.07 Å². The zero-order valence-electron chi connectivity index (χ0n) is 4.97. The van der Waals surface area contributed by atoms with Gasteiger partial charge < -0.3 is 0 Å². The van der Waals surface area contributed by atoms with E-state index in [4.69, 9.17) is 0 Å². The third kappa shape index (κ3) is 2.28. The maximum Gasteiger partial charge on any atom is 1.00 e. The molecule has 38 valence electrons. The molecule has 3 heteroatoms. The minimum absolute atomic E-state index is 0. The van der Waals surface area contributed by atoms with Crippen LogP contribution in [0.15, 0.2) is 16.3 Å². The molecular formula is C5H5LiS2. The van der Waals surface area contributed by atoms with Crippen LogP contribution in [0, 0.1) is 5.38 Å². The first-order chi connectivity index (χ1) is 3.43. The average Bonchev–Trinajstić information content (AvgIpc) is 2.14. The fourth-order valence-electron chi connectivity index (χ4n) is 0.338. The van der Waals surface area contributed by atoms with E-state index in [9.17, 15) is 0 Å². The van der Waals surface area contributed by atoms with E-state index in [0.717, 1.165) is 0 Å². The van der Waals surface area contributed by atoms with Crippen LogP contribution in [0.1, 0.15) is 0 Å². The van der Waals surface area contributed by atoms with E-state index < -0.39 is 0 Å². The quantitative estimate of drug-likeness (QED) is 0.279. The molecule has 0 radical (unpaired) electrons. The summed E-state index contributed by atoms with van der Waals surface area (Å²) in [7, 11) is 0. The van der Waals surface area contributed by atoms with Gasteiger partial charge in [-0.15, -0.1) is 5.38 Å². The summed E-state index contributed by atoms with van der Waals surface area (Å²) in [6.45, 7) is 0. The molecule has 1 rings (SSSR count). The van der Waals surface area contributed by atoms with Crippen LogP contribution in [0.2, 0.25) is 0 Å². The van der Waals surface area contributed by atoms with Gasteiger partial charge in [0.1, 0.15) is 0 Å². The molecule has 0 saturated heterocycles. The largest absolute Gasteiger partial charge is 1.00 e. The van der Waals surface area contributed by atoms with Crippen LogP contribution in [0.3, 0.4) is 0 Å². The van der Waals surface area contributed by atoms with E-state index in [2.05, 4.69) is 17.7 Å². The summed E-state index contributed by atoms with van der Waals surface area (Å²) in [5.74, 6) is 0. The van der Waals surface area contributed by atoms with Crippen LogP contribution in [-0.2, 0) is 0 Å². The van der Waals surface area contributed by atoms with Gasteiger partial charge in [0, 0.05) is 0 Å². The number of rotatable bonds is 1. The molecule has 0 nitrogen and oxygen atoms in total. The molecule has 8 heavy (non-hydrogen) atoms. The van der Waals surface area contributed by atoms with Crippen molar-refractivity contribution < 1.29 is 18.9 Å². The predicted octanol–water partition coefficient (Wildman–Crippen LogP) is -0.726. The third-order valence-electron chi connectivity index (χ3n) is 0.648. The predicted molar refractivity (Wildman–Crippen MR) is 34.9 cm³/mol. The monoisotopic (exact) mass is 136 g/mol. The Bertz CT molecular complexity index is 125. The standard InChI is InChI=1S/C5H5S2.Li/c1-6-5-3-2-4-7-5;/h2-3H,1H3;/q-1;+1. The number of hydrogen-bond donors (Lipinski definition) is 0. The Morgan fingerprint density at radius 2 is 2.50 bits per heavy atom. The molecule has 1 aromatic heterocycles. The second-order valence-corrected chi connectivity index (χ2v) is 3.06. The topological polar surface area (TPSA) is 0 Å². The molecule has 0 atom stereocenters. The first-order valence-electron chi connectivity index (χ1n) is 1.93. The molecule has 0 bridgehead atoms. The Balaban J connectivity index is 0.000000490. The van der Waals surface area contributed by atoms with Gasteiger partial charge in [-0.1, -0.05) is 4.21 Å². The Morgan fingerprint density at radius 3 is 2.75 bits per heavy atom. The van der Waals surface area contributed by atoms with Crippen molar-refractivity contribution in [2.75, 3.05) is 6.26 Å². The summed E-state index contributed by atoms with van der Waals surface area (Å²) >= 11 is 3.42. The molecule has 0 unspecified atom stereocenters. The Labute approximate surface area is 69.9 Å². The van der Waals surface area contributed by atoms with Crippen LogP contribution in [0.4, 0.5) is 0 Å². The van der Waals surface area contributed by atoms with Crippen molar-refractivity contribution in [3.8, 4) is 0 Å². The summed E-state index contributed by atoms with van der Waals surface area (Å²) in [5, 5.41) is 3.00. The summed E-state index contributed by atoms with van der Waals surface area (Å²) in [6, 6.07) is 4.01. The van der Waals surface area contributed by atoms with E-state index in [-0.39, 0.29) is 18.9 Å². The minimum Gasteiger partial charge on any atom is -0.290 e. The van der Waals surface area contributed by atoms with Crippen molar-refractivity contribution in [2.45, 2.75) is 4.21 Å². The molecule has 0 aliphatic rings. The molecule has 0 spiro atoms. The molecule has 0 amide bonds. The van der Waals surface area contributed by atoms with Crippen LogP contribution in [-0.4, -0.2) is 6.26 Å². The van der Waals surface area contributed by atoms with Crippen LogP contribution in [0.5, 0.6) is 0 Å². The zero-order chi connectivity index (χ0) is 5.11. The Kier molecular flexibility index (Phi) is 4.88. The fraction of sp³-hybridized carbons (Fsp3) is 0.200. The van der Waals surface area contributed by atoms with Gasteiger partial charge in [-0.05, 0) is 6.26 Å². The van der Waals surface area contributed by atoms with Gasteiger partial charge >= 0.3 is 18.9 Å². The van der Waals surface area contributed by atoms with Crippen molar-refractivity contribution >= 4 is 23.1 Å². The maximum atomic E-state index is 3.00. The zero-order valence-corrected chi connectivity index (χ0v) is 6.60. The first kappa shape index (κ1) is 8.65. The average molecular weight is 136 g/mol. The van der Waals surface area contributed by atoms with Crippen LogP contribution < -0.4 is 18.9 Å². The van der Waals surface area contributed by atoms with Gasteiger partial charge in [0.05, 0.1) is 0 Å². The van der Waals surface area contributed by atoms with E-state index >= 15 is 0 Å². The molecule has 0 saturated carbocycles. The summed E-state index contributed by atoms with van der Waals surface area (Å²) in [4.78, 5) is 0. The van der Waals surface area contributed by atoms with Crippen molar-refractivity contribution in [1.29, 1.82) is 0 Å². The molecule has 0 aliphatic heterocycles. The molecule has 1 heterocycles. The molecular weight excluding hydrogens is 131 g/mol. The smallest absolute Gasteiger partial charge is 0.290 e. The summed E-state index contributed by atoms with van der Waals surface area (Å²) < 4.78 is 1.33. The van der Waals surface area contributed by atoms with Gasteiger partial charge in [-0.25, -0.2) is 11.8 Å². The normalized spacial score (nSPS) is 8.12. The minimum atomic E-state index is 0. The van der Waals surface area contributed by atoms with E-state index in [1.54, 1.807) is 23.1 Å². The summed E-state index contributed by atoms with van der Waals surface area (Å²) in [5.41, 5.74) is 0. The van der Waals surface area contributed by atoms with E-state index in [1.165, 1.54) is 4.21 Å². The number of hydrogen-bond acceptors (Lipinski definition) is 2. The third-order valence-corrected chi connectivity index (χ3v) is 2.53. The van der Waals surface area contributed by atoms with Gasteiger partial charge in [0.25, 0.3) is 0 Å². The molecule has 1 aromatic rings. The number of thiophene rings is 1. The second-order valence-electron chi connectivity index (χ2n) is 1.08. The number of thioether (sulfide) groups is 1. The Hall–Kier alpha value is 0.647. The van der Waals surface area contributed by atoms with Crippen molar-refractivity contribution in [2.24, 2.45) is 0 Å². The SMILES string of the molecule is CSc1cc[c-]s1.[Li+]. The molecule has 0 fully saturated rings. The van der Waals surface area contributed by atoms with E-state index in [0.29, 0.717) is 0 Å². The fourth-order valence-corrected chi connectivity index (χ4v) is 1.41. The summed E-state index contributed by atoms with van der Waals surface area (Å²) in [6.07, 6.45) is 2.07. The molecule has 0 aromatic carbocycles. The maximum absolute atomic E-state index is 3.00. The van der Waals surface area contributed by atoms with Crippen molar-refractivity contribution in [3.05, 3.63) is 17.5 Å². The van der Waals surface area contributed by atoms with Gasteiger partial charge in [0.15, 0.2) is 0 Å². The van der Waals surface area contributed by atoms with Crippen LogP contribution in [0.25, 0.3) is 0 Å². The second kappa shape index (κ2) is 4.52. The first-order valence-corrected chi connectivity index (χ1v) is 3.97. The Morgan fingerprint density at radius 1 is 1.75 bits per heavy atom.